The molecule has 0 saturated carbocycles. The summed E-state index contributed by atoms with van der Waals surface area (Å²) in [7, 11) is 0. The molecule has 23 nitrogen and oxygen atoms in total. The standard InChI is InChI=1S/C33H34O23/c34-11-3-15-12(16(4-11)53-32-29(48)27(46)25(44)18(55-32)8-50-22(41)6-20(37)38)5-17(31(52-15)10-1-13(35)24(43)14(36)2-10)54-33-30(49)28(47)26(45)19(56-33)9-51-23(42)7-21(39)40/h1-5,18-19,25-30,32-33,35-36,43-49H,6-9H2,(H,37,38)(H,39,40)/t18-,19-,25-,26-,27+,28+,29-,30-,32-,33-/m1/s1. The number of esters is 2. The van der Waals surface area contributed by atoms with Crippen molar-refractivity contribution in [3.63, 3.8) is 0 Å². The molecule has 3 aliphatic heterocycles. The maximum absolute atomic E-state index is 12.8. The van der Waals surface area contributed by atoms with Crippen LogP contribution in [0.25, 0.3) is 22.6 Å². The molecule has 5 rings (SSSR count). The molecule has 3 heterocycles. The van der Waals surface area contributed by atoms with Gasteiger partial charge in [-0.25, -0.2) is 0 Å². The number of carbonyl (C=O) groups excluding carboxylic acids is 2. The van der Waals surface area contributed by atoms with E-state index < -0.39 is 151 Å². The summed E-state index contributed by atoms with van der Waals surface area (Å²) in [5.74, 6) is -9.97. The number of carboxylic acids is 2. The summed E-state index contributed by atoms with van der Waals surface area (Å²) in [6.45, 7) is -1.65. The van der Waals surface area contributed by atoms with Gasteiger partial charge in [-0.15, -0.1) is 0 Å². The summed E-state index contributed by atoms with van der Waals surface area (Å²) >= 11 is 0. The molecule has 0 spiro atoms. The van der Waals surface area contributed by atoms with Gasteiger partial charge < -0.3 is 89.0 Å². The smallest absolute Gasteiger partial charge is 0.317 e. The molecule has 0 unspecified atom stereocenters. The quantitative estimate of drug-likeness (QED) is 0.0464. The van der Waals surface area contributed by atoms with Crippen LogP contribution in [-0.2, 0) is 38.1 Å². The number of fused-ring (bicyclic) bond motifs is 1. The minimum absolute atomic E-state index is 0.207. The minimum Gasteiger partial charge on any atom is -0.504 e. The Morgan fingerprint density at radius 1 is 0.607 bits per heavy atom. The van der Waals surface area contributed by atoms with Crippen molar-refractivity contribution in [3.05, 3.63) is 40.6 Å². The number of phenols is 3. The van der Waals surface area contributed by atoms with Gasteiger partial charge in [0.15, 0.2) is 34.2 Å². The molecular formula is C33H34O23. The maximum Gasteiger partial charge on any atom is 0.317 e. The van der Waals surface area contributed by atoms with Crippen LogP contribution in [0, 0.1) is 0 Å². The molecule has 304 valence electrons. The van der Waals surface area contributed by atoms with E-state index in [4.69, 9.17) is 43.1 Å². The van der Waals surface area contributed by atoms with Gasteiger partial charge >= 0.3 is 23.9 Å². The van der Waals surface area contributed by atoms with Crippen LogP contribution in [-0.4, -0.2) is 155 Å². The van der Waals surface area contributed by atoms with Crippen LogP contribution in [0.15, 0.2) is 39.5 Å². The van der Waals surface area contributed by atoms with E-state index in [0.29, 0.717) is 0 Å². The lowest BCUT2D eigenvalue weighted by molar-refractivity contribution is -0.278. The fourth-order valence-electron chi connectivity index (χ4n) is 5.53. The molecule has 1 aromatic rings. The first kappa shape index (κ1) is 41.4. The Labute approximate surface area is 311 Å². The average molecular weight is 799 g/mol. The Morgan fingerprint density at radius 3 is 1.54 bits per heavy atom. The highest BCUT2D eigenvalue weighted by Gasteiger charge is 2.47. The normalized spacial score (nSPS) is 27.6. The maximum atomic E-state index is 12.8. The van der Waals surface area contributed by atoms with Gasteiger partial charge in [-0.3, -0.25) is 24.0 Å². The van der Waals surface area contributed by atoms with Gasteiger partial charge in [0.05, 0.1) is 5.56 Å². The summed E-state index contributed by atoms with van der Waals surface area (Å²) in [5, 5.41) is 111. The van der Waals surface area contributed by atoms with Crippen LogP contribution in [0.4, 0.5) is 0 Å². The van der Waals surface area contributed by atoms with E-state index in [1.807, 2.05) is 0 Å². The predicted molar refractivity (Wildman–Crippen MR) is 173 cm³/mol. The first-order chi connectivity index (χ1) is 26.3. The summed E-state index contributed by atoms with van der Waals surface area (Å²) in [4.78, 5) is 58.1. The molecule has 0 aromatic heterocycles. The summed E-state index contributed by atoms with van der Waals surface area (Å²) < 4.78 is 38.1. The second kappa shape index (κ2) is 16.9. The van der Waals surface area contributed by atoms with Crippen molar-refractivity contribution in [3.8, 4) is 51.4 Å². The van der Waals surface area contributed by atoms with Crippen molar-refractivity contribution in [1.82, 2.24) is 0 Å². The molecular weight excluding hydrogens is 764 g/mol. The Kier molecular flexibility index (Phi) is 12.5. The van der Waals surface area contributed by atoms with Crippen LogP contribution in [0.3, 0.4) is 0 Å². The number of carboxylic acid groups (broad SMARTS) is 2. The zero-order valence-corrected chi connectivity index (χ0v) is 28.3. The number of rotatable bonds is 13. The van der Waals surface area contributed by atoms with Gasteiger partial charge in [0.25, 0.3) is 0 Å². The highest BCUT2D eigenvalue weighted by Crippen LogP contribution is 2.46. The van der Waals surface area contributed by atoms with Crippen molar-refractivity contribution >= 4 is 23.9 Å². The third-order valence-corrected chi connectivity index (χ3v) is 8.35. The predicted octanol–water partition coefficient (Wildman–Crippen LogP) is -3.06. The van der Waals surface area contributed by atoms with E-state index in [2.05, 4.69) is 0 Å². The number of benzene rings is 2. The van der Waals surface area contributed by atoms with Crippen LogP contribution in [0.2, 0.25) is 0 Å². The molecule has 1 aliphatic carbocycles. The molecule has 0 amide bonds. The lowest BCUT2D eigenvalue weighted by Gasteiger charge is -2.40. The Hall–Kier alpha value is -5.79. The van der Waals surface area contributed by atoms with Crippen molar-refractivity contribution in [2.45, 2.75) is 74.3 Å². The van der Waals surface area contributed by atoms with E-state index in [1.54, 1.807) is 0 Å². The number of hydrogen-bond acceptors (Lipinski definition) is 21. The van der Waals surface area contributed by atoms with Crippen molar-refractivity contribution in [1.29, 1.82) is 0 Å². The summed E-state index contributed by atoms with van der Waals surface area (Å²) in [6.07, 6.45) is -21.2. The molecule has 2 saturated heterocycles. The highest BCUT2D eigenvalue weighted by atomic mass is 16.7. The lowest BCUT2D eigenvalue weighted by atomic mass is 9.99. The number of hydrogen-bond donors (Lipinski definition) is 11. The van der Waals surface area contributed by atoms with Gasteiger partial charge in [0.2, 0.25) is 12.6 Å². The molecule has 10 atom stereocenters. The first-order valence-electron chi connectivity index (χ1n) is 16.2. The number of carbonyl (C=O) groups is 4. The molecule has 0 bridgehead atoms. The van der Waals surface area contributed by atoms with Crippen LogP contribution in [0.1, 0.15) is 12.8 Å². The number of ether oxygens (including phenoxy) is 6. The molecule has 4 aliphatic rings. The van der Waals surface area contributed by atoms with Gasteiger partial charge in [-0.2, -0.15) is 0 Å². The monoisotopic (exact) mass is 798 g/mol. The zero-order valence-electron chi connectivity index (χ0n) is 28.3. The number of aromatic hydroxyl groups is 3. The van der Waals surface area contributed by atoms with Gasteiger partial charge in [-0.05, 0) is 18.2 Å². The van der Waals surface area contributed by atoms with Crippen molar-refractivity contribution in [2.75, 3.05) is 13.2 Å². The van der Waals surface area contributed by atoms with E-state index in [-0.39, 0.29) is 16.9 Å². The Morgan fingerprint density at radius 2 is 1.07 bits per heavy atom. The fourth-order valence-corrected chi connectivity index (χ4v) is 5.53. The largest absolute Gasteiger partial charge is 0.504 e. The average Bonchev–Trinajstić information content (AvgIpc) is 3.12. The second-order valence-electron chi connectivity index (χ2n) is 12.4. The number of aliphatic carboxylic acids is 2. The summed E-state index contributed by atoms with van der Waals surface area (Å²) in [6, 6.07) is 4.60. The van der Waals surface area contributed by atoms with Crippen molar-refractivity contribution < 1.29 is 108 Å². The highest BCUT2D eigenvalue weighted by molar-refractivity contribution is 5.90. The Balaban J connectivity index is 1.53. The van der Waals surface area contributed by atoms with Crippen molar-refractivity contribution in [2.24, 2.45) is 0 Å². The van der Waals surface area contributed by atoms with E-state index in [0.717, 1.165) is 30.3 Å². The van der Waals surface area contributed by atoms with Crippen LogP contribution >= 0.6 is 0 Å². The zero-order chi connectivity index (χ0) is 41.2. The van der Waals surface area contributed by atoms with Crippen LogP contribution in [0.5, 0.6) is 28.7 Å². The van der Waals surface area contributed by atoms with Crippen LogP contribution < -0.4 is 14.9 Å². The molecule has 2 fully saturated rings. The molecule has 23 heteroatoms. The lowest BCUT2D eigenvalue weighted by Crippen LogP contribution is -2.60. The molecule has 0 radical (unpaired) electrons. The molecule has 56 heavy (non-hydrogen) atoms. The number of phenolic OH excluding ortho intramolecular Hbond substituents is 3. The first-order valence-corrected chi connectivity index (χ1v) is 16.2. The third kappa shape index (κ3) is 9.18. The molecule has 1 aromatic carbocycles. The summed E-state index contributed by atoms with van der Waals surface area (Å²) in [5.41, 5.74) is -1.26. The number of aliphatic hydroxyl groups excluding tert-OH is 6. The minimum atomic E-state index is -2.07. The van der Waals surface area contributed by atoms with Gasteiger partial charge in [0, 0.05) is 17.7 Å². The third-order valence-electron chi connectivity index (χ3n) is 8.35. The van der Waals surface area contributed by atoms with E-state index >= 15 is 0 Å². The van der Waals surface area contributed by atoms with Gasteiger partial charge in [0.1, 0.15) is 86.4 Å². The Bertz CT molecular complexity index is 1950. The second-order valence-corrected chi connectivity index (χ2v) is 12.4. The van der Waals surface area contributed by atoms with E-state index in [9.17, 15) is 69.9 Å². The topological polar surface area (TPSA) is 376 Å². The fraction of sp³-hybridized carbons (Fsp3) is 0.424. The van der Waals surface area contributed by atoms with Gasteiger partial charge in [-0.1, -0.05) is 0 Å². The number of aliphatic hydroxyl groups is 6. The SMILES string of the molecule is O=C(O)CC(=O)OC[C@H]1O[C@@H](Oc2cc(=O)cc3oc(-c4cc(O)c(O)c(O)c4)c(O[C@@H]4O[C@H](COC(=O)CC(=O)O)[C@@H](O)[C@H](O)[C@H]4O)cc2-3)[C@H](O)[C@@H](O)[C@@H]1O. The molecule has 11 N–H and O–H groups in total. The van der Waals surface area contributed by atoms with E-state index in [1.165, 1.54) is 0 Å².